The Hall–Kier alpha value is -1.38. The number of rotatable bonds is 3. The first-order chi connectivity index (χ1) is 9.93. The summed E-state index contributed by atoms with van der Waals surface area (Å²) in [6.07, 6.45) is 5.10. The molecule has 2 aliphatic carbocycles. The molecule has 1 heterocycles. The fourth-order valence-corrected chi connectivity index (χ4v) is 4.42. The minimum Gasteiger partial charge on any atom is -0.317 e. The Morgan fingerprint density at radius 3 is 2.81 bits per heavy atom. The molecule has 1 saturated carbocycles. The zero-order valence-electron chi connectivity index (χ0n) is 12.5. The zero-order chi connectivity index (χ0) is 15.2. The topological polar surface area (TPSA) is 78.9 Å². The highest BCUT2D eigenvalue weighted by Crippen LogP contribution is 2.41. The van der Waals surface area contributed by atoms with Crippen LogP contribution < -0.4 is 11.1 Å². The van der Waals surface area contributed by atoms with E-state index in [1.807, 2.05) is 0 Å². The van der Waals surface area contributed by atoms with Crippen LogP contribution in [0.5, 0.6) is 0 Å². The number of amides is 1. The van der Waals surface area contributed by atoms with Crippen LogP contribution in [-0.4, -0.2) is 11.4 Å². The first-order valence-electron chi connectivity index (χ1n) is 7.58. The maximum absolute atomic E-state index is 12.4. The molecule has 0 bridgehead atoms. The van der Waals surface area contributed by atoms with Crippen molar-refractivity contribution >= 4 is 22.2 Å². The standard InChI is InChI=1S/C16H21N3OS/c1-9-3-6-11-12(8-17)14(21-13(11)7-9)19-15(20)16(2,18)10-4-5-10/h9-10H,3-7,18H2,1-2H3,(H,19,20). The van der Waals surface area contributed by atoms with Gasteiger partial charge in [-0.1, -0.05) is 6.92 Å². The first-order valence-corrected chi connectivity index (χ1v) is 8.40. The van der Waals surface area contributed by atoms with E-state index in [1.165, 1.54) is 4.88 Å². The molecule has 0 aliphatic heterocycles. The van der Waals surface area contributed by atoms with Crippen LogP contribution in [0.25, 0.3) is 0 Å². The number of hydrogen-bond acceptors (Lipinski definition) is 4. The highest BCUT2D eigenvalue weighted by molar-refractivity contribution is 7.16. The van der Waals surface area contributed by atoms with Gasteiger partial charge in [0, 0.05) is 4.88 Å². The molecule has 2 atom stereocenters. The summed E-state index contributed by atoms with van der Waals surface area (Å²) in [5.74, 6) is 0.767. The summed E-state index contributed by atoms with van der Waals surface area (Å²) in [5.41, 5.74) is 7.12. The molecule has 0 spiro atoms. The lowest BCUT2D eigenvalue weighted by Crippen LogP contribution is -2.50. The summed E-state index contributed by atoms with van der Waals surface area (Å²) in [5, 5.41) is 13.1. The maximum Gasteiger partial charge on any atom is 0.245 e. The van der Waals surface area contributed by atoms with Gasteiger partial charge in [-0.2, -0.15) is 5.26 Å². The minimum absolute atomic E-state index is 0.159. The van der Waals surface area contributed by atoms with Crippen LogP contribution in [0, 0.1) is 23.2 Å². The first kappa shape index (κ1) is 14.6. The Morgan fingerprint density at radius 2 is 2.19 bits per heavy atom. The SMILES string of the molecule is CC1CCc2c(sc(NC(=O)C(C)(N)C3CC3)c2C#N)C1. The van der Waals surface area contributed by atoms with Crippen LogP contribution in [0.1, 0.15) is 49.1 Å². The molecular weight excluding hydrogens is 282 g/mol. The average Bonchev–Trinajstić information content (AvgIpc) is 3.22. The maximum atomic E-state index is 12.4. The van der Waals surface area contributed by atoms with Crippen molar-refractivity contribution in [2.75, 3.05) is 5.32 Å². The van der Waals surface area contributed by atoms with Gasteiger partial charge in [0.1, 0.15) is 11.1 Å². The molecule has 1 aromatic heterocycles. The molecule has 1 aromatic rings. The number of nitriles is 1. The predicted molar refractivity (Wildman–Crippen MR) is 84.2 cm³/mol. The normalized spacial score (nSPS) is 23.8. The molecule has 0 aromatic carbocycles. The summed E-state index contributed by atoms with van der Waals surface area (Å²) >= 11 is 1.56. The second-order valence-electron chi connectivity index (χ2n) is 6.68. The number of hydrogen-bond donors (Lipinski definition) is 2. The van der Waals surface area contributed by atoms with Gasteiger partial charge >= 0.3 is 0 Å². The molecule has 3 rings (SSSR count). The molecular formula is C16H21N3OS. The highest BCUT2D eigenvalue weighted by Gasteiger charge is 2.44. The summed E-state index contributed by atoms with van der Waals surface area (Å²) in [6.45, 7) is 4.03. The van der Waals surface area contributed by atoms with Crippen LogP contribution in [0.15, 0.2) is 0 Å². The van der Waals surface area contributed by atoms with E-state index in [-0.39, 0.29) is 11.8 Å². The van der Waals surface area contributed by atoms with Gasteiger partial charge < -0.3 is 11.1 Å². The Labute approximate surface area is 129 Å². The van der Waals surface area contributed by atoms with Gasteiger partial charge in [0.25, 0.3) is 0 Å². The summed E-state index contributed by atoms with van der Waals surface area (Å²) in [4.78, 5) is 13.7. The smallest absolute Gasteiger partial charge is 0.245 e. The molecule has 3 N–H and O–H groups in total. The lowest BCUT2D eigenvalue weighted by Gasteiger charge is -2.22. The second-order valence-corrected chi connectivity index (χ2v) is 7.78. The molecule has 1 fully saturated rings. The fourth-order valence-electron chi connectivity index (χ4n) is 3.06. The Balaban J connectivity index is 1.86. The van der Waals surface area contributed by atoms with Gasteiger partial charge in [-0.15, -0.1) is 11.3 Å². The minimum atomic E-state index is -0.829. The van der Waals surface area contributed by atoms with Crippen LogP contribution in [-0.2, 0) is 17.6 Å². The van der Waals surface area contributed by atoms with E-state index in [9.17, 15) is 10.1 Å². The lowest BCUT2D eigenvalue weighted by atomic mass is 9.88. The fraction of sp³-hybridized carbons (Fsp3) is 0.625. The third kappa shape index (κ3) is 2.58. The summed E-state index contributed by atoms with van der Waals surface area (Å²) in [6, 6.07) is 2.28. The zero-order valence-corrected chi connectivity index (χ0v) is 13.3. The van der Waals surface area contributed by atoms with Crippen molar-refractivity contribution in [1.82, 2.24) is 0 Å². The molecule has 112 valence electrons. The average molecular weight is 303 g/mol. The van der Waals surface area contributed by atoms with Crippen molar-refractivity contribution in [1.29, 1.82) is 5.26 Å². The number of carbonyl (C=O) groups excluding carboxylic acids is 1. The van der Waals surface area contributed by atoms with Crippen molar-refractivity contribution in [2.24, 2.45) is 17.6 Å². The van der Waals surface area contributed by atoms with Crippen LogP contribution >= 0.6 is 11.3 Å². The van der Waals surface area contributed by atoms with Crippen molar-refractivity contribution in [3.05, 3.63) is 16.0 Å². The van der Waals surface area contributed by atoms with Crippen molar-refractivity contribution in [3.63, 3.8) is 0 Å². The molecule has 2 aliphatic rings. The van der Waals surface area contributed by atoms with Gasteiger partial charge in [0.15, 0.2) is 0 Å². The van der Waals surface area contributed by atoms with E-state index < -0.39 is 5.54 Å². The van der Waals surface area contributed by atoms with E-state index in [2.05, 4.69) is 18.3 Å². The van der Waals surface area contributed by atoms with Crippen LogP contribution in [0.2, 0.25) is 0 Å². The number of anilines is 1. The predicted octanol–water partition coefficient (Wildman–Crippen LogP) is 2.81. The quantitative estimate of drug-likeness (QED) is 0.901. The van der Waals surface area contributed by atoms with Gasteiger partial charge in [-0.25, -0.2) is 0 Å². The van der Waals surface area contributed by atoms with E-state index >= 15 is 0 Å². The lowest BCUT2D eigenvalue weighted by molar-refractivity contribution is -0.121. The molecule has 2 unspecified atom stereocenters. The van der Waals surface area contributed by atoms with Gasteiger partial charge in [-0.3, -0.25) is 4.79 Å². The van der Waals surface area contributed by atoms with Gasteiger partial charge in [-0.05, 0) is 56.4 Å². The van der Waals surface area contributed by atoms with Crippen molar-refractivity contribution in [2.45, 2.75) is 51.5 Å². The third-order valence-electron chi connectivity index (χ3n) is 4.77. The number of fused-ring (bicyclic) bond motifs is 1. The molecule has 5 heteroatoms. The summed E-state index contributed by atoms with van der Waals surface area (Å²) < 4.78 is 0. The monoisotopic (exact) mass is 303 g/mol. The van der Waals surface area contributed by atoms with E-state index in [4.69, 9.17) is 5.73 Å². The number of nitrogens with two attached hydrogens (primary N) is 1. The van der Waals surface area contributed by atoms with Crippen molar-refractivity contribution in [3.8, 4) is 6.07 Å². The number of nitrogens with one attached hydrogen (secondary N) is 1. The van der Waals surface area contributed by atoms with E-state index in [0.717, 1.165) is 37.7 Å². The molecule has 1 amide bonds. The van der Waals surface area contributed by atoms with Gasteiger partial charge in [0.05, 0.1) is 11.1 Å². The molecule has 0 radical (unpaired) electrons. The number of thiophene rings is 1. The second kappa shape index (κ2) is 5.11. The van der Waals surface area contributed by atoms with E-state index in [1.54, 1.807) is 18.3 Å². The third-order valence-corrected chi connectivity index (χ3v) is 5.94. The Morgan fingerprint density at radius 1 is 1.48 bits per heavy atom. The Bertz CT molecular complexity index is 622. The van der Waals surface area contributed by atoms with E-state index in [0.29, 0.717) is 16.5 Å². The van der Waals surface area contributed by atoms with Gasteiger partial charge in [0.2, 0.25) is 5.91 Å². The summed E-state index contributed by atoms with van der Waals surface area (Å²) in [7, 11) is 0. The largest absolute Gasteiger partial charge is 0.317 e. The van der Waals surface area contributed by atoms with Crippen LogP contribution in [0.3, 0.4) is 0 Å². The Kier molecular flexibility index (Phi) is 3.54. The van der Waals surface area contributed by atoms with Crippen molar-refractivity contribution < 1.29 is 4.79 Å². The molecule has 4 nitrogen and oxygen atoms in total. The van der Waals surface area contributed by atoms with Crippen LogP contribution in [0.4, 0.5) is 5.00 Å². The number of carbonyl (C=O) groups is 1. The molecule has 0 saturated heterocycles. The highest BCUT2D eigenvalue weighted by atomic mass is 32.1. The number of nitrogens with zero attached hydrogens (tertiary/aromatic N) is 1. The molecule has 21 heavy (non-hydrogen) atoms.